The van der Waals surface area contributed by atoms with Crippen LogP contribution in [0.1, 0.15) is 12.5 Å². The Balaban J connectivity index is 1.86. The summed E-state index contributed by atoms with van der Waals surface area (Å²) in [4.78, 5) is 12.0. The molecule has 0 saturated heterocycles. The maximum atomic E-state index is 12.0. The van der Waals surface area contributed by atoms with Gasteiger partial charge in [0.25, 0.3) is 0 Å². The van der Waals surface area contributed by atoms with Gasteiger partial charge in [0.15, 0.2) is 0 Å². The highest BCUT2D eigenvalue weighted by atomic mass is 16.6. The zero-order chi connectivity index (χ0) is 20.5. The van der Waals surface area contributed by atoms with E-state index in [2.05, 4.69) is 0 Å². The molecule has 1 aromatic heterocycles. The van der Waals surface area contributed by atoms with E-state index in [4.69, 9.17) is 19.3 Å². The van der Waals surface area contributed by atoms with Gasteiger partial charge >= 0.3 is 5.97 Å². The van der Waals surface area contributed by atoms with Gasteiger partial charge in [0.05, 0.1) is 25.1 Å². The van der Waals surface area contributed by atoms with E-state index < -0.39 is 5.97 Å². The molecule has 0 saturated carbocycles. The second kappa shape index (κ2) is 10.2. The maximum absolute atomic E-state index is 12.0. The first kappa shape index (κ1) is 20.4. The number of carbonyl (C=O) groups excluding carboxylic acids is 1. The number of hydrogen-bond donors (Lipinski definition) is 0. The van der Waals surface area contributed by atoms with Crippen molar-refractivity contribution in [3.63, 3.8) is 0 Å². The Morgan fingerprint density at radius 2 is 1.83 bits per heavy atom. The summed E-state index contributed by atoms with van der Waals surface area (Å²) in [5.74, 6) is 0.351. The molecule has 29 heavy (non-hydrogen) atoms. The van der Waals surface area contributed by atoms with Crippen molar-refractivity contribution >= 4 is 12.0 Å². The lowest BCUT2D eigenvalue weighted by Crippen LogP contribution is -2.08. The van der Waals surface area contributed by atoms with Crippen LogP contribution in [-0.2, 0) is 14.3 Å². The van der Waals surface area contributed by atoms with Crippen LogP contribution in [0, 0.1) is 0 Å². The fourth-order valence-corrected chi connectivity index (χ4v) is 2.75. The number of esters is 1. The fourth-order valence-electron chi connectivity index (χ4n) is 2.75. The average molecular weight is 392 g/mol. The van der Waals surface area contributed by atoms with Crippen LogP contribution in [-0.4, -0.2) is 42.7 Å². The summed E-state index contributed by atoms with van der Waals surface area (Å²) in [7, 11) is 1.63. The van der Waals surface area contributed by atoms with Gasteiger partial charge < -0.3 is 14.2 Å². The summed E-state index contributed by atoms with van der Waals surface area (Å²) in [6.07, 6.45) is 5.01. The van der Waals surface area contributed by atoms with Gasteiger partial charge in [-0.2, -0.15) is 5.10 Å². The molecule has 0 atom stereocenters. The van der Waals surface area contributed by atoms with Gasteiger partial charge in [-0.05, 0) is 49.4 Å². The second-order valence-corrected chi connectivity index (χ2v) is 6.14. The highest BCUT2D eigenvalue weighted by Crippen LogP contribution is 2.26. The van der Waals surface area contributed by atoms with Crippen LogP contribution in [0.2, 0.25) is 0 Å². The van der Waals surface area contributed by atoms with E-state index in [-0.39, 0.29) is 6.61 Å². The minimum Gasteiger partial charge on any atom is -0.497 e. The Bertz CT molecular complexity index is 947. The zero-order valence-corrected chi connectivity index (χ0v) is 16.6. The number of para-hydroxylation sites is 1. The second-order valence-electron chi connectivity index (χ2n) is 6.14. The molecule has 6 heteroatoms. The van der Waals surface area contributed by atoms with Crippen LogP contribution in [0.25, 0.3) is 23.0 Å². The molecule has 0 spiro atoms. The molecule has 0 unspecified atom stereocenters. The number of benzene rings is 2. The van der Waals surface area contributed by atoms with Crippen molar-refractivity contribution in [2.75, 3.05) is 26.9 Å². The zero-order valence-electron chi connectivity index (χ0n) is 16.6. The highest BCUT2D eigenvalue weighted by Gasteiger charge is 2.11. The minimum atomic E-state index is -0.419. The maximum Gasteiger partial charge on any atom is 0.330 e. The average Bonchev–Trinajstić information content (AvgIpc) is 3.20. The van der Waals surface area contributed by atoms with E-state index in [0.29, 0.717) is 13.2 Å². The first-order chi connectivity index (χ1) is 14.2. The number of hydrogen-bond acceptors (Lipinski definition) is 5. The van der Waals surface area contributed by atoms with Gasteiger partial charge in [0, 0.05) is 30.0 Å². The summed E-state index contributed by atoms with van der Waals surface area (Å²) < 4.78 is 17.3. The molecule has 0 aliphatic rings. The number of carbonyl (C=O) groups is 1. The van der Waals surface area contributed by atoms with Crippen molar-refractivity contribution in [1.82, 2.24) is 9.78 Å². The lowest BCUT2D eigenvalue weighted by Gasteiger charge is -2.03. The third kappa shape index (κ3) is 5.56. The lowest BCUT2D eigenvalue weighted by molar-refractivity contribution is -0.139. The molecule has 2 aromatic carbocycles. The Labute approximate surface area is 170 Å². The van der Waals surface area contributed by atoms with Crippen LogP contribution in [0.5, 0.6) is 5.75 Å². The summed E-state index contributed by atoms with van der Waals surface area (Å²) in [5, 5.41) is 4.72. The van der Waals surface area contributed by atoms with E-state index in [1.165, 1.54) is 6.08 Å². The minimum absolute atomic E-state index is 0.228. The van der Waals surface area contributed by atoms with E-state index in [1.54, 1.807) is 17.9 Å². The molecule has 0 fully saturated rings. The first-order valence-corrected chi connectivity index (χ1v) is 9.43. The molecule has 0 amide bonds. The molecule has 0 aliphatic heterocycles. The number of ether oxygens (including phenoxy) is 3. The van der Waals surface area contributed by atoms with E-state index in [0.717, 1.165) is 28.3 Å². The van der Waals surface area contributed by atoms with E-state index in [9.17, 15) is 4.79 Å². The monoisotopic (exact) mass is 392 g/mol. The SMILES string of the molecule is CCOCCOC(=O)/C=C/c1cn(-c2ccccc2)nc1-c1ccc(OC)cc1. The molecular weight excluding hydrogens is 368 g/mol. The molecular formula is C23H24N2O4. The predicted molar refractivity (Wildman–Crippen MR) is 112 cm³/mol. The van der Waals surface area contributed by atoms with Gasteiger partial charge in [-0.1, -0.05) is 18.2 Å². The molecule has 150 valence electrons. The molecule has 0 radical (unpaired) electrons. The quantitative estimate of drug-likeness (QED) is 0.311. The number of nitrogens with zero attached hydrogens (tertiary/aromatic N) is 2. The van der Waals surface area contributed by atoms with Crippen LogP contribution < -0.4 is 4.74 Å². The summed E-state index contributed by atoms with van der Waals surface area (Å²) >= 11 is 0. The Kier molecular flexibility index (Phi) is 7.19. The van der Waals surface area contributed by atoms with Gasteiger partial charge in [0.2, 0.25) is 0 Å². The number of aromatic nitrogens is 2. The molecule has 0 N–H and O–H groups in total. The van der Waals surface area contributed by atoms with Crippen molar-refractivity contribution in [1.29, 1.82) is 0 Å². The number of rotatable bonds is 9. The molecule has 0 bridgehead atoms. The molecule has 3 aromatic rings. The van der Waals surface area contributed by atoms with Crippen molar-refractivity contribution < 1.29 is 19.0 Å². The Hall–Kier alpha value is -3.38. The van der Waals surface area contributed by atoms with E-state index in [1.807, 2.05) is 67.7 Å². The van der Waals surface area contributed by atoms with Crippen molar-refractivity contribution in [2.24, 2.45) is 0 Å². The predicted octanol–water partition coefficient (Wildman–Crippen LogP) is 4.14. The third-order valence-electron chi connectivity index (χ3n) is 4.20. The highest BCUT2D eigenvalue weighted by molar-refractivity contribution is 5.88. The number of methoxy groups -OCH3 is 1. The smallest absolute Gasteiger partial charge is 0.330 e. The largest absolute Gasteiger partial charge is 0.497 e. The molecule has 1 heterocycles. The Morgan fingerprint density at radius 1 is 1.07 bits per heavy atom. The summed E-state index contributed by atoms with van der Waals surface area (Å²) in [6.45, 7) is 3.11. The van der Waals surface area contributed by atoms with Gasteiger partial charge in [-0.3, -0.25) is 0 Å². The fraction of sp³-hybridized carbons (Fsp3) is 0.217. The molecule has 0 aliphatic carbocycles. The normalized spacial score (nSPS) is 11.0. The van der Waals surface area contributed by atoms with Gasteiger partial charge in [0.1, 0.15) is 12.4 Å². The first-order valence-electron chi connectivity index (χ1n) is 9.43. The summed E-state index contributed by atoms with van der Waals surface area (Å²) in [5.41, 5.74) is 3.42. The van der Waals surface area contributed by atoms with Crippen LogP contribution in [0.3, 0.4) is 0 Å². The van der Waals surface area contributed by atoms with Crippen LogP contribution >= 0.6 is 0 Å². The topological polar surface area (TPSA) is 62.6 Å². The van der Waals surface area contributed by atoms with Gasteiger partial charge in [-0.15, -0.1) is 0 Å². The summed E-state index contributed by atoms with van der Waals surface area (Å²) in [6, 6.07) is 17.4. The van der Waals surface area contributed by atoms with Crippen LogP contribution in [0.4, 0.5) is 0 Å². The molecule has 6 nitrogen and oxygen atoms in total. The molecule has 3 rings (SSSR count). The van der Waals surface area contributed by atoms with Crippen molar-refractivity contribution in [2.45, 2.75) is 6.92 Å². The van der Waals surface area contributed by atoms with Crippen LogP contribution in [0.15, 0.2) is 66.9 Å². The Morgan fingerprint density at radius 3 is 2.52 bits per heavy atom. The van der Waals surface area contributed by atoms with Gasteiger partial charge in [-0.25, -0.2) is 9.48 Å². The van der Waals surface area contributed by atoms with E-state index >= 15 is 0 Å². The standard InChI is InChI=1S/C23H24N2O4/c1-3-28-15-16-29-22(26)14-11-19-17-25(20-7-5-4-6-8-20)24-23(19)18-9-12-21(27-2)13-10-18/h4-14,17H,3,15-16H2,1-2H3/b14-11+. The van der Waals surface area contributed by atoms with Crippen molar-refractivity contribution in [3.8, 4) is 22.7 Å². The third-order valence-corrected chi connectivity index (χ3v) is 4.20. The lowest BCUT2D eigenvalue weighted by atomic mass is 10.1. The van der Waals surface area contributed by atoms with Crippen molar-refractivity contribution in [3.05, 3.63) is 72.4 Å².